The molecular weight excluding hydrogens is 376 g/mol. The maximum atomic E-state index is 12.7. The molecule has 0 saturated heterocycles. The zero-order chi connectivity index (χ0) is 19.7. The van der Waals surface area contributed by atoms with Gasteiger partial charge in [0, 0.05) is 0 Å². The number of aromatic amines is 1. The van der Waals surface area contributed by atoms with Crippen LogP contribution in [0.25, 0.3) is 11.0 Å². The lowest BCUT2D eigenvalue weighted by atomic mass is 10.2. The van der Waals surface area contributed by atoms with Crippen LogP contribution < -0.4 is 10.6 Å². The molecule has 3 N–H and O–H groups in total. The molecule has 0 bridgehead atoms. The predicted molar refractivity (Wildman–Crippen MR) is 108 cm³/mol. The maximum Gasteiger partial charge on any atom is 0.291 e. The first-order valence-electron chi connectivity index (χ1n) is 8.72. The number of furan rings is 1. The molecule has 3 aromatic heterocycles. The van der Waals surface area contributed by atoms with E-state index in [4.69, 9.17) is 4.42 Å². The first kappa shape index (κ1) is 18.0. The number of para-hydroxylation sites is 2. The number of carbonyl (C=O) groups excluding carboxylic acids is 2. The number of benzene rings is 1. The fourth-order valence-electron chi connectivity index (χ4n) is 2.86. The molecule has 28 heavy (non-hydrogen) atoms. The molecule has 0 saturated carbocycles. The Bertz CT molecular complexity index is 1110. The highest BCUT2D eigenvalue weighted by molar-refractivity contribution is 7.18. The Balaban J connectivity index is 1.47. The summed E-state index contributed by atoms with van der Waals surface area (Å²) >= 11 is 1.22. The first-order valence-corrected chi connectivity index (χ1v) is 9.53. The van der Waals surface area contributed by atoms with E-state index >= 15 is 0 Å². The summed E-state index contributed by atoms with van der Waals surface area (Å²) in [6, 6.07) is 12.4. The van der Waals surface area contributed by atoms with Gasteiger partial charge < -0.3 is 20.0 Å². The Morgan fingerprint density at radius 1 is 1.18 bits per heavy atom. The van der Waals surface area contributed by atoms with Gasteiger partial charge in [0.1, 0.15) is 5.82 Å². The first-order chi connectivity index (χ1) is 13.5. The number of H-pyrrole nitrogens is 1. The number of anilines is 1. The van der Waals surface area contributed by atoms with Gasteiger partial charge in [0.15, 0.2) is 5.76 Å². The van der Waals surface area contributed by atoms with Crippen molar-refractivity contribution in [2.45, 2.75) is 19.9 Å². The summed E-state index contributed by atoms with van der Waals surface area (Å²) in [7, 11) is 0. The summed E-state index contributed by atoms with van der Waals surface area (Å²) in [5.74, 6) is 0.341. The third kappa shape index (κ3) is 3.54. The average Bonchev–Trinajstić information content (AvgIpc) is 3.40. The number of carbonyl (C=O) groups is 2. The molecule has 0 aliphatic heterocycles. The SMILES string of the molecule is Cc1cc(NC(=O)c2ccco2)sc1C(=O)N[C@@H](C)c1nc2ccccc2[nH]1. The molecule has 1 atom stereocenters. The van der Waals surface area contributed by atoms with Crippen molar-refractivity contribution in [2.75, 3.05) is 5.32 Å². The van der Waals surface area contributed by atoms with Gasteiger partial charge in [-0.15, -0.1) is 11.3 Å². The van der Waals surface area contributed by atoms with Crippen LogP contribution in [-0.4, -0.2) is 21.8 Å². The molecule has 8 heteroatoms. The molecule has 0 fully saturated rings. The molecule has 0 radical (unpaired) electrons. The van der Waals surface area contributed by atoms with Gasteiger partial charge in [-0.1, -0.05) is 12.1 Å². The summed E-state index contributed by atoms with van der Waals surface area (Å²) < 4.78 is 5.08. The van der Waals surface area contributed by atoms with Gasteiger partial charge in [0.2, 0.25) is 0 Å². The van der Waals surface area contributed by atoms with Gasteiger partial charge in [0.05, 0.1) is 33.2 Å². The van der Waals surface area contributed by atoms with Gasteiger partial charge >= 0.3 is 0 Å². The monoisotopic (exact) mass is 394 g/mol. The van der Waals surface area contributed by atoms with E-state index in [1.54, 1.807) is 18.2 Å². The van der Waals surface area contributed by atoms with Gasteiger partial charge in [-0.05, 0) is 49.7 Å². The van der Waals surface area contributed by atoms with E-state index in [1.165, 1.54) is 17.6 Å². The molecule has 1 aromatic carbocycles. The van der Waals surface area contributed by atoms with Gasteiger partial charge in [-0.25, -0.2) is 4.98 Å². The lowest BCUT2D eigenvalue weighted by Gasteiger charge is -2.10. The zero-order valence-electron chi connectivity index (χ0n) is 15.3. The summed E-state index contributed by atoms with van der Waals surface area (Å²) in [4.78, 5) is 33.1. The number of hydrogen-bond acceptors (Lipinski definition) is 5. The lowest BCUT2D eigenvalue weighted by Crippen LogP contribution is -2.27. The Morgan fingerprint density at radius 3 is 2.75 bits per heavy atom. The number of nitrogens with zero attached hydrogens (tertiary/aromatic N) is 1. The molecule has 7 nitrogen and oxygen atoms in total. The topological polar surface area (TPSA) is 100 Å². The number of thiophene rings is 1. The Morgan fingerprint density at radius 2 is 2.00 bits per heavy atom. The highest BCUT2D eigenvalue weighted by Crippen LogP contribution is 2.28. The van der Waals surface area contributed by atoms with E-state index in [-0.39, 0.29) is 23.6 Å². The van der Waals surface area contributed by atoms with Gasteiger partial charge in [0.25, 0.3) is 11.8 Å². The summed E-state index contributed by atoms with van der Waals surface area (Å²) in [5.41, 5.74) is 2.57. The van der Waals surface area contributed by atoms with Crippen molar-refractivity contribution in [1.82, 2.24) is 15.3 Å². The number of aromatic nitrogens is 2. The zero-order valence-corrected chi connectivity index (χ0v) is 16.1. The third-order valence-corrected chi connectivity index (χ3v) is 5.42. The Labute approximate surface area is 164 Å². The van der Waals surface area contributed by atoms with E-state index in [9.17, 15) is 9.59 Å². The molecule has 0 aliphatic rings. The molecule has 0 spiro atoms. The second-order valence-electron chi connectivity index (χ2n) is 6.39. The van der Waals surface area contributed by atoms with Crippen molar-refractivity contribution in [1.29, 1.82) is 0 Å². The van der Waals surface area contributed by atoms with Crippen LogP contribution in [0.15, 0.2) is 53.1 Å². The quantitative estimate of drug-likeness (QED) is 0.471. The van der Waals surface area contributed by atoms with E-state index < -0.39 is 0 Å². The smallest absolute Gasteiger partial charge is 0.291 e. The standard InChI is InChI=1S/C20H18N4O3S/c1-11-10-16(24-19(25)15-8-5-9-27-15)28-17(11)20(26)21-12(2)18-22-13-6-3-4-7-14(13)23-18/h3-10,12H,1-2H3,(H,21,26)(H,22,23)(H,24,25)/t12-/m0/s1. The fraction of sp³-hybridized carbons (Fsp3) is 0.150. The van der Waals surface area contributed by atoms with E-state index in [0.717, 1.165) is 16.6 Å². The van der Waals surface area contributed by atoms with Gasteiger partial charge in [-0.3, -0.25) is 9.59 Å². The van der Waals surface area contributed by atoms with E-state index in [2.05, 4.69) is 20.6 Å². The molecule has 2 amide bonds. The number of amides is 2. The number of rotatable bonds is 5. The normalized spacial score (nSPS) is 12.1. The average molecular weight is 394 g/mol. The predicted octanol–water partition coefficient (Wildman–Crippen LogP) is 4.27. The van der Waals surface area contributed by atoms with Crippen LogP contribution in [0.1, 0.15) is 44.6 Å². The number of fused-ring (bicyclic) bond motifs is 1. The van der Waals surface area contributed by atoms with Crippen molar-refractivity contribution >= 4 is 39.2 Å². The summed E-state index contributed by atoms with van der Waals surface area (Å²) in [6.45, 7) is 3.71. The van der Waals surface area contributed by atoms with E-state index in [1.807, 2.05) is 38.1 Å². The number of nitrogens with one attached hydrogen (secondary N) is 3. The molecule has 4 rings (SSSR count). The van der Waals surface area contributed by atoms with Crippen molar-refractivity contribution in [3.63, 3.8) is 0 Å². The van der Waals surface area contributed by atoms with Crippen LogP contribution in [0.4, 0.5) is 5.00 Å². The Kier molecular flexibility index (Phi) is 4.70. The molecule has 4 aromatic rings. The highest BCUT2D eigenvalue weighted by atomic mass is 32.1. The highest BCUT2D eigenvalue weighted by Gasteiger charge is 2.19. The molecule has 0 aliphatic carbocycles. The lowest BCUT2D eigenvalue weighted by molar-refractivity contribution is 0.0941. The van der Waals surface area contributed by atoms with Crippen LogP contribution in [-0.2, 0) is 0 Å². The fourth-order valence-corrected chi connectivity index (χ4v) is 3.83. The molecule has 3 heterocycles. The summed E-state index contributed by atoms with van der Waals surface area (Å²) in [5, 5.41) is 6.29. The number of hydrogen-bond donors (Lipinski definition) is 3. The largest absolute Gasteiger partial charge is 0.459 e. The molecular formula is C20H18N4O3S. The maximum absolute atomic E-state index is 12.7. The van der Waals surface area contributed by atoms with Crippen molar-refractivity contribution in [3.8, 4) is 0 Å². The van der Waals surface area contributed by atoms with E-state index in [0.29, 0.717) is 15.7 Å². The van der Waals surface area contributed by atoms with Crippen molar-refractivity contribution in [2.24, 2.45) is 0 Å². The molecule has 142 valence electrons. The van der Waals surface area contributed by atoms with Crippen LogP contribution in [0.3, 0.4) is 0 Å². The van der Waals surface area contributed by atoms with Crippen molar-refractivity contribution in [3.05, 3.63) is 70.8 Å². The Hall–Kier alpha value is -3.39. The third-order valence-electron chi connectivity index (χ3n) is 4.27. The van der Waals surface area contributed by atoms with Crippen LogP contribution in [0.2, 0.25) is 0 Å². The van der Waals surface area contributed by atoms with Crippen LogP contribution >= 0.6 is 11.3 Å². The molecule has 0 unspecified atom stereocenters. The number of aryl methyl sites for hydroxylation is 1. The minimum atomic E-state index is -0.353. The number of imidazole rings is 1. The minimum absolute atomic E-state index is 0.214. The second kappa shape index (κ2) is 7.32. The van der Waals surface area contributed by atoms with Gasteiger partial charge in [-0.2, -0.15) is 0 Å². The van der Waals surface area contributed by atoms with Crippen molar-refractivity contribution < 1.29 is 14.0 Å². The van der Waals surface area contributed by atoms with Crippen LogP contribution in [0.5, 0.6) is 0 Å². The summed E-state index contributed by atoms with van der Waals surface area (Å²) in [6.07, 6.45) is 1.44. The second-order valence-corrected chi connectivity index (χ2v) is 7.44. The van der Waals surface area contributed by atoms with Crippen LogP contribution in [0, 0.1) is 6.92 Å². The minimum Gasteiger partial charge on any atom is -0.459 e.